The van der Waals surface area contributed by atoms with Gasteiger partial charge in [0.2, 0.25) is 0 Å². The molecule has 0 aromatic heterocycles. The minimum Gasteiger partial charge on any atom is -0.475 e. The van der Waals surface area contributed by atoms with Crippen LogP contribution >= 0.6 is 0 Å². The standard InChI is InChI=1S/C13H13NO2.C2HF3O2/c1-2-16-13(15)9-4-3-6-11-7-5-8-12(14)10-11;3-2(4,5)1(6)7/h4-5,7-10H,2,14H2,1H3;(H,6,7)/b9-4+;. The fourth-order valence-corrected chi connectivity index (χ4v) is 1.04. The van der Waals surface area contributed by atoms with Gasteiger partial charge >= 0.3 is 18.1 Å². The number of rotatable bonds is 2. The van der Waals surface area contributed by atoms with Crippen molar-refractivity contribution in [2.24, 2.45) is 0 Å². The highest BCUT2D eigenvalue weighted by atomic mass is 19.4. The van der Waals surface area contributed by atoms with Crippen LogP contribution in [0.3, 0.4) is 0 Å². The van der Waals surface area contributed by atoms with E-state index in [1.807, 2.05) is 12.1 Å². The Kier molecular flexibility index (Phi) is 8.62. The Labute approximate surface area is 130 Å². The topological polar surface area (TPSA) is 89.6 Å². The van der Waals surface area contributed by atoms with E-state index in [-0.39, 0.29) is 5.97 Å². The first-order valence-electron chi connectivity index (χ1n) is 6.17. The second-order valence-electron chi connectivity index (χ2n) is 3.78. The summed E-state index contributed by atoms with van der Waals surface area (Å²) in [6.45, 7) is 2.12. The summed E-state index contributed by atoms with van der Waals surface area (Å²) in [6, 6.07) is 7.24. The number of carboxylic acid groups (broad SMARTS) is 1. The molecule has 0 aliphatic rings. The highest BCUT2D eigenvalue weighted by molar-refractivity contribution is 5.82. The quantitative estimate of drug-likeness (QED) is 0.376. The molecule has 3 N–H and O–H groups in total. The zero-order valence-electron chi connectivity index (χ0n) is 12.1. The van der Waals surface area contributed by atoms with Crippen molar-refractivity contribution in [2.45, 2.75) is 13.1 Å². The zero-order chi connectivity index (χ0) is 17.9. The average Bonchev–Trinajstić information content (AvgIpc) is 2.44. The van der Waals surface area contributed by atoms with Crippen molar-refractivity contribution in [3.05, 3.63) is 42.0 Å². The number of carbonyl (C=O) groups is 2. The van der Waals surface area contributed by atoms with Gasteiger partial charge in [-0.2, -0.15) is 13.2 Å². The molecule has 0 heterocycles. The predicted molar refractivity (Wildman–Crippen MR) is 77.2 cm³/mol. The van der Waals surface area contributed by atoms with Crippen LogP contribution in [0.4, 0.5) is 18.9 Å². The molecule has 0 aliphatic heterocycles. The molecule has 0 spiro atoms. The fraction of sp³-hybridized carbons (Fsp3) is 0.200. The number of nitrogen functional groups attached to an aromatic ring is 1. The lowest BCUT2D eigenvalue weighted by Crippen LogP contribution is -2.21. The monoisotopic (exact) mass is 329 g/mol. The number of alkyl halides is 3. The Morgan fingerprint density at radius 2 is 2.00 bits per heavy atom. The zero-order valence-corrected chi connectivity index (χ0v) is 12.1. The van der Waals surface area contributed by atoms with Crippen LogP contribution in [-0.2, 0) is 14.3 Å². The maximum Gasteiger partial charge on any atom is 0.490 e. The molecule has 0 unspecified atom stereocenters. The van der Waals surface area contributed by atoms with E-state index in [9.17, 15) is 18.0 Å². The molecule has 1 rings (SSSR count). The second-order valence-corrected chi connectivity index (χ2v) is 3.78. The van der Waals surface area contributed by atoms with Crippen molar-refractivity contribution in [3.63, 3.8) is 0 Å². The minimum atomic E-state index is -5.08. The van der Waals surface area contributed by atoms with Gasteiger partial charge in [-0.1, -0.05) is 17.9 Å². The first kappa shape index (κ1) is 20.1. The molecule has 0 amide bonds. The number of carbonyl (C=O) groups excluding carboxylic acids is 1. The van der Waals surface area contributed by atoms with Gasteiger partial charge in [-0.25, -0.2) is 9.59 Å². The number of hydrogen-bond donors (Lipinski definition) is 2. The molecule has 0 radical (unpaired) electrons. The largest absolute Gasteiger partial charge is 0.490 e. The maximum absolute atomic E-state index is 10.9. The van der Waals surface area contributed by atoms with Crippen molar-refractivity contribution in [3.8, 4) is 11.8 Å². The molecule has 0 atom stereocenters. The van der Waals surface area contributed by atoms with Crippen LogP contribution < -0.4 is 5.73 Å². The lowest BCUT2D eigenvalue weighted by atomic mass is 10.2. The molecule has 1 aromatic rings. The number of nitrogens with two attached hydrogens (primary N) is 1. The van der Waals surface area contributed by atoms with E-state index in [4.69, 9.17) is 20.4 Å². The lowest BCUT2D eigenvalue weighted by Gasteiger charge is -1.93. The SMILES string of the molecule is CCOC(=O)/C=C/C#Cc1cccc(N)c1.O=C(O)C(F)(F)F. The van der Waals surface area contributed by atoms with E-state index in [1.165, 1.54) is 12.2 Å². The number of halogens is 3. The van der Waals surface area contributed by atoms with Crippen molar-refractivity contribution in [1.29, 1.82) is 0 Å². The summed E-state index contributed by atoms with van der Waals surface area (Å²) in [4.78, 5) is 19.8. The molecule has 0 bridgehead atoms. The van der Waals surface area contributed by atoms with Crippen LogP contribution in [0.5, 0.6) is 0 Å². The summed E-state index contributed by atoms with van der Waals surface area (Å²) >= 11 is 0. The van der Waals surface area contributed by atoms with Gasteiger partial charge < -0.3 is 15.6 Å². The molecule has 5 nitrogen and oxygen atoms in total. The summed E-state index contributed by atoms with van der Waals surface area (Å²) in [5, 5.41) is 7.12. The van der Waals surface area contributed by atoms with Gasteiger partial charge in [-0.05, 0) is 31.2 Å². The van der Waals surface area contributed by atoms with Crippen LogP contribution in [0.2, 0.25) is 0 Å². The minimum absolute atomic E-state index is 0.367. The van der Waals surface area contributed by atoms with Gasteiger partial charge in [0.15, 0.2) is 0 Å². The number of allylic oxidation sites excluding steroid dienone is 1. The number of ether oxygens (including phenoxy) is 1. The summed E-state index contributed by atoms with van der Waals surface area (Å²) in [6.07, 6.45) is -2.33. The number of carboxylic acids is 1. The molecule has 8 heteroatoms. The van der Waals surface area contributed by atoms with E-state index in [1.54, 1.807) is 19.1 Å². The van der Waals surface area contributed by atoms with Gasteiger partial charge in [-0.15, -0.1) is 0 Å². The molecule has 1 aromatic carbocycles. The Bertz CT molecular complexity index is 628. The summed E-state index contributed by atoms with van der Waals surface area (Å²) in [7, 11) is 0. The molecule has 0 fully saturated rings. The smallest absolute Gasteiger partial charge is 0.475 e. The van der Waals surface area contributed by atoms with E-state index >= 15 is 0 Å². The molecule has 0 saturated heterocycles. The third kappa shape index (κ3) is 10.4. The maximum atomic E-state index is 10.9. The Morgan fingerprint density at radius 3 is 2.48 bits per heavy atom. The van der Waals surface area contributed by atoms with Gasteiger partial charge in [0, 0.05) is 17.3 Å². The number of aliphatic carboxylic acids is 1. The average molecular weight is 329 g/mol. The van der Waals surface area contributed by atoms with Crippen LogP contribution in [0.25, 0.3) is 0 Å². The van der Waals surface area contributed by atoms with Gasteiger partial charge in [0.05, 0.1) is 6.61 Å². The first-order chi connectivity index (χ1) is 10.7. The van der Waals surface area contributed by atoms with Crippen LogP contribution in [0, 0.1) is 11.8 Å². The van der Waals surface area contributed by atoms with Gasteiger partial charge in [0.25, 0.3) is 0 Å². The van der Waals surface area contributed by atoms with Gasteiger partial charge in [-0.3, -0.25) is 0 Å². The van der Waals surface area contributed by atoms with Crippen LogP contribution in [-0.4, -0.2) is 29.8 Å². The number of esters is 1. The first-order valence-corrected chi connectivity index (χ1v) is 6.17. The van der Waals surface area contributed by atoms with Crippen LogP contribution in [0.15, 0.2) is 36.4 Å². The van der Waals surface area contributed by atoms with Crippen molar-refractivity contribution < 1.29 is 32.6 Å². The molecular weight excluding hydrogens is 315 g/mol. The number of anilines is 1. The molecule has 23 heavy (non-hydrogen) atoms. The Balaban J connectivity index is 0.000000585. The fourth-order valence-electron chi connectivity index (χ4n) is 1.04. The normalized spacial score (nSPS) is 10.1. The van der Waals surface area contributed by atoms with Crippen LogP contribution in [0.1, 0.15) is 12.5 Å². The lowest BCUT2D eigenvalue weighted by molar-refractivity contribution is -0.192. The molecule has 124 valence electrons. The second kappa shape index (κ2) is 9.89. The Hall–Kier alpha value is -2.95. The highest BCUT2D eigenvalue weighted by Crippen LogP contribution is 2.13. The highest BCUT2D eigenvalue weighted by Gasteiger charge is 2.38. The summed E-state index contributed by atoms with van der Waals surface area (Å²) < 4.78 is 36.4. The molecule has 0 saturated carbocycles. The van der Waals surface area contributed by atoms with E-state index < -0.39 is 12.1 Å². The van der Waals surface area contributed by atoms with Crippen molar-refractivity contribution in [2.75, 3.05) is 12.3 Å². The number of hydrogen-bond acceptors (Lipinski definition) is 4. The third-order valence-corrected chi connectivity index (χ3v) is 1.93. The number of benzene rings is 1. The van der Waals surface area contributed by atoms with E-state index in [0.29, 0.717) is 12.3 Å². The van der Waals surface area contributed by atoms with Crippen molar-refractivity contribution >= 4 is 17.6 Å². The predicted octanol–water partition coefficient (Wildman–Crippen LogP) is 2.37. The Morgan fingerprint density at radius 1 is 1.39 bits per heavy atom. The third-order valence-electron chi connectivity index (χ3n) is 1.93. The molecule has 0 aliphatic carbocycles. The van der Waals surface area contributed by atoms with E-state index in [2.05, 4.69) is 11.8 Å². The van der Waals surface area contributed by atoms with Crippen molar-refractivity contribution in [1.82, 2.24) is 0 Å². The summed E-state index contributed by atoms with van der Waals surface area (Å²) in [5.41, 5.74) is 7.07. The summed E-state index contributed by atoms with van der Waals surface area (Å²) in [5.74, 6) is 2.45. The van der Waals surface area contributed by atoms with Gasteiger partial charge in [0.1, 0.15) is 0 Å². The molecular formula is C15H14F3NO4. The van der Waals surface area contributed by atoms with E-state index in [0.717, 1.165) is 5.56 Å².